The summed E-state index contributed by atoms with van der Waals surface area (Å²) in [6.07, 6.45) is 0.749. The van der Waals surface area contributed by atoms with Gasteiger partial charge < -0.3 is 15.3 Å². The van der Waals surface area contributed by atoms with Crippen molar-refractivity contribution in [2.45, 2.75) is 32.8 Å². The molecule has 0 aliphatic rings. The largest absolute Gasteiger partial charge is 0.489 e. The highest BCUT2D eigenvalue weighted by Crippen LogP contribution is 2.23. The third-order valence-electron chi connectivity index (χ3n) is 3.90. The first-order chi connectivity index (χ1) is 11.0. The zero-order chi connectivity index (χ0) is 16.8. The lowest BCUT2D eigenvalue weighted by Crippen LogP contribution is -2.16. The summed E-state index contributed by atoms with van der Waals surface area (Å²) in [7, 11) is 0. The normalized spacial score (nSPS) is 11.7. The number of nitrogens with two attached hydrogens (primary N) is 1. The monoisotopic (exact) mass is 311 g/mol. The third-order valence-corrected chi connectivity index (χ3v) is 3.90. The van der Waals surface area contributed by atoms with Gasteiger partial charge in [-0.15, -0.1) is 0 Å². The van der Waals surface area contributed by atoms with E-state index in [1.54, 1.807) is 12.1 Å². The molecule has 4 heteroatoms. The molecule has 1 unspecified atom stereocenters. The van der Waals surface area contributed by atoms with Crippen LogP contribution in [0, 0.1) is 13.8 Å². The van der Waals surface area contributed by atoms with Gasteiger partial charge in [0.1, 0.15) is 18.6 Å². The van der Waals surface area contributed by atoms with Crippen LogP contribution in [0.15, 0.2) is 42.5 Å². The van der Waals surface area contributed by atoms with Crippen molar-refractivity contribution in [2.75, 3.05) is 0 Å². The molecule has 0 aromatic heterocycles. The smallest absolute Gasteiger partial charge is 0.218 e. The van der Waals surface area contributed by atoms with Crippen molar-refractivity contribution in [3.8, 4) is 5.75 Å². The maximum absolute atomic E-state index is 11.2. The highest BCUT2D eigenvalue weighted by molar-refractivity contribution is 5.79. The van der Waals surface area contributed by atoms with Gasteiger partial charge in [-0.1, -0.05) is 30.3 Å². The third kappa shape index (κ3) is 4.42. The van der Waals surface area contributed by atoms with E-state index in [-0.39, 0.29) is 6.42 Å². The number of carbonyl (C=O) groups excluding carboxylic acids is 2. The summed E-state index contributed by atoms with van der Waals surface area (Å²) < 4.78 is 5.86. The SMILES string of the molecule is Cc1cccc(C)c1COc1cccc(C(C=O)CC(N)=O)c1. The number of ether oxygens (including phenoxy) is 1. The molecule has 0 bridgehead atoms. The van der Waals surface area contributed by atoms with Gasteiger partial charge in [0, 0.05) is 12.3 Å². The number of hydrogen-bond donors (Lipinski definition) is 1. The second kappa shape index (κ2) is 7.58. The predicted octanol–water partition coefficient (Wildman–Crippen LogP) is 3.04. The van der Waals surface area contributed by atoms with E-state index in [1.165, 1.54) is 11.1 Å². The van der Waals surface area contributed by atoms with Gasteiger partial charge in [-0.25, -0.2) is 0 Å². The highest BCUT2D eigenvalue weighted by atomic mass is 16.5. The van der Waals surface area contributed by atoms with E-state index in [0.29, 0.717) is 12.4 Å². The molecule has 2 N–H and O–H groups in total. The fourth-order valence-corrected chi connectivity index (χ4v) is 2.53. The van der Waals surface area contributed by atoms with E-state index in [4.69, 9.17) is 10.5 Å². The topological polar surface area (TPSA) is 69.4 Å². The maximum Gasteiger partial charge on any atom is 0.218 e. The number of aryl methyl sites for hydroxylation is 2. The van der Waals surface area contributed by atoms with E-state index in [0.717, 1.165) is 17.4 Å². The van der Waals surface area contributed by atoms with Crippen LogP contribution >= 0.6 is 0 Å². The molecule has 0 saturated heterocycles. The van der Waals surface area contributed by atoms with Gasteiger partial charge in [0.05, 0.1) is 0 Å². The van der Waals surface area contributed by atoms with Crippen LogP contribution in [-0.4, -0.2) is 12.2 Å². The number of rotatable bonds is 7. The van der Waals surface area contributed by atoms with Crippen LogP contribution in [0.2, 0.25) is 0 Å². The van der Waals surface area contributed by atoms with Gasteiger partial charge in [-0.2, -0.15) is 0 Å². The molecule has 2 rings (SSSR count). The molecule has 0 saturated carbocycles. The highest BCUT2D eigenvalue weighted by Gasteiger charge is 2.14. The number of hydrogen-bond acceptors (Lipinski definition) is 3. The standard InChI is InChI=1S/C19H21NO3/c1-13-5-3-6-14(2)18(13)12-23-17-8-4-7-15(9-17)16(11-21)10-19(20)22/h3-9,11,16H,10,12H2,1-2H3,(H2,20,22). The average Bonchev–Trinajstić information content (AvgIpc) is 2.52. The lowest BCUT2D eigenvalue weighted by atomic mass is 9.97. The molecular formula is C19H21NO3. The zero-order valence-corrected chi connectivity index (χ0v) is 13.4. The van der Waals surface area contributed by atoms with E-state index in [9.17, 15) is 9.59 Å². The van der Waals surface area contributed by atoms with Crippen LogP contribution in [0.1, 0.15) is 34.6 Å². The quantitative estimate of drug-likeness (QED) is 0.799. The second-order valence-corrected chi connectivity index (χ2v) is 5.64. The molecule has 1 amide bonds. The van der Waals surface area contributed by atoms with Crippen LogP contribution in [0.25, 0.3) is 0 Å². The molecule has 0 spiro atoms. The summed E-state index contributed by atoms with van der Waals surface area (Å²) in [5.41, 5.74) is 9.43. The van der Waals surface area contributed by atoms with Gasteiger partial charge in [-0.05, 0) is 48.2 Å². The van der Waals surface area contributed by atoms with Crippen molar-refractivity contribution >= 4 is 12.2 Å². The minimum absolute atomic E-state index is 0.00382. The Balaban J connectivity index is 2.14. The second-order valence-electron chi connectivity index (χ2n) is 5.64. The van der Waals surface area contributed by atoms with Gasteiger partial charge in [0.25, 0.3) is 0 Å². The van der Waals surface area contributed by atoms with E-state index in [1.807, 2.05) is 18.2 Å². The van der Waals surface area contributed by atoms with E-state index < -0.39 is 11.8 Å². The predicted molar refractivity (Wildman–Crippen MR) is 89.3 cm³/mol. The molecule has 4 nitrogen and oxygen atoms in total. The summed E-state index contributed by atoms with van der Waals surface area (Å²) in [6.45, 7) is 4.57. The number of primary amides is 1. The number of benzene rings is 2. The average molecular weight is 311 g/mol. The Hall–Kier alpha value is -2.62. The summed E-state index contributed by atoms with van der Waals surface area (Å²) in [4.78, 5) is 22.2. The molecule has 23 heavy (non-hydrogen) atoms. The minimum Gasteiger partial charge on any atom is -0.489 e. The molecule has 2 aromatic rings. The van der Waals surface area contributed by atoms with Crippen molar-refractivity contribution < 1.29 is 14.3 Å². The molecule has 120 valence electrons. The van der Waals surface area contributed by atoms with Crippen LogP contribution in [0.3, 0.4) is 0 Å². The lowest BCUT2D eigenvalue weighted by molar-refractivity contribution is -0.120. The Morgan fingerprint density at radius 1 is 1.17 bits per heavy atom. The molecule has 0 radical (unpaired) electrons. The Morgan fingerprint density at radius 2 is 1.83 bits per heavy atom. The van der Waals surface area contributed by atoms with Crippen molar-refractivity contribution in [3.05, 3.63) is 64.7 Å². The molecule has 2 aromatic carbocycles. The van der Waals surface area contributed by atoms with Gasteiger partial charge in [0.15, 0.2) is 0 Å². The Labute approximate surface area is 136 Å². The first-order valence-corrected chi connectivity index (χ1v) is 7.52. The molecule has 0 aliphatic carbocycles. The van der Waals surface area contributed by atoms with Crippen LogP contribution in [0.4, 0.5) is 0 Å². The summed E-state index contributed by atoms with van der Waals surface area (Å²) in [6, 6.07) is 13.4. The molecule has 0 aliphatic heterocycles. The molecule has 0 fully saturated rings. The Morgan fingerprint density at radius 3 is 2.43 bits per heavy atom. The van der Waals surface area contributed by atoms with Gasteiger partial charge in [-0.3, -0.25) is 4.79 Å². The van der Waals surface area contributed by atoms with Crippen LogP contribution in [-0.2, 0) is 16.2 Å². The number of amides is 1. The molecular weight excluding hydrogens is 290 g/mol. The fraction of sp³-hybridized carbons (Fsp3) is 0.263. The Kier molecular flexibility index (Phi) is 5.52. The Bertz CT molecular complexity index is 689. The first-order valence-electron chi connectivity index (χ1n) is 7.52. The van der Waals surface area contributed by atoms with Gasteiger partial charge >= 0.3 is 0 Å². The summed E-state index contributed by atoms with van der Waals surface area (Å²) in [5.74, 6) is -0.360. The van der Waals surface area contributed by atoms with E-state index >= 15 is 0 Å². The van der Waals surface area contributed by atoms with Gasteiger partial charge in [0.2, 0.25) is 5.91 Å². The van der Waals surface area contributed by atoms with Crippen molar-refractivity contribution in [1.29, 1.82) is 0 Å². The minimum atomic E-state index is -0.531. The molecule has 1 atom stereocenters. The number of aldehydes is 1. The van der Waals surface area contributed by atoms with Crippen LogP contribution in [0.5, 0.6) is 5.75 Å². The summed E-state index contributed by atoms with van der Waals surface area (Å²) in [5, 5.41) is 0. The van der Waals surface area contributed by atoms with E-state index in [2.05, 4.69) is 26.0 Å². The maximum atomic E-state index is 11.2. The summed E-state index contributed by atoms with van der Waals surface area (Å²) >= 11 is 0. The zero-order valence-electron chi connectivity index (χ0n) is 13.4. The van der Waals surface area contributed by atoms with Crippen molar-refractivity contribution in [3.63, 3.8) is 0 Å². The molecule has 0 heterocycles. The van der Waals surface area contributed by atoms with Crippen molar-refractivity contribution in [2.24, 2.45) is 5.73 Å². The number of carbonyl (C=O) groups is 2. The fourth-order valence-electron chi connectivity index (χ4n) is 2.53. The first kappa shape index (κ1) is 16.7. The van der Waals surface area contributed by atoms with Crippen LogP contribution < -0.4 is 10.5 Å². The lowest BCUT2D eigenvalue weighted by Gasteiger charge is -2.14. The van der Waals surface area contributed by atoms with Crippen molar-refractivity contribution in [1.82, 2.24) is 0 Å².